The molecule has 0 amide bonds. The molecule has 1 aromatic carbocycles. The maximum Gasteiger partial charge on any atom is 0.143 e. The first-order valence-corrected chi connectivity index (χ1v) is 9.15. The second kappa shape index (κ2) is 6.78. The van der Waals surface area contributed by atoms with Gasteiger partial charge in [-0.05, 0) is 53.9 Å². The maximum absolute atomic E-state index is 5.53. The van der Waals surface area contributed by atoms with Crippen molar-refractivity contribution >= 4 is 10.9 Å². The summed E-state index contributed by atoms with van der Waals surface area (Å²) < 4.78 is 5.53. The van der Waals surface area contributed by atoms with Crippen LogP contribution in [-0.2, 0) is 6.42 Å². The number of nitrogens with zero attached hydrogens (tertiary/aromatic N) is 3. The van der Waals surface area contributed by atoms with E-state index in [0.717, 1.165) is 50.4 Å². The third-order valence-electron chi connectivity index (χ3n) is 4.80. The van der Waals surface area contributed by atoms with Gasteiger partial charge in [-0.15, -0.1) is 0 Å². The Morgan fingerprint density at radius 1 is 0.929 bits per heavy atom. The molecule has 0 saturated heterocycles. The van der Waals surface area contributed by atoms with Gasteiger partial charge in [0.15, 0.2) is 0 Å². The van der Waals surface area contributed by atoms with E-state index in [9.17, 15) is 0 Å². The number of fused-ring (bicyclic) bond motifs is 1. The smallest absolute Gasteiger partial charge is 0.143 e. The van der Waals surface area contributed by atoms with Crippen LogP contribution in [-0.4, -0.2) is 20.1 Å². The SMILES string of the molecule is Cc1ccc(Cc2cc(-c3cc4ccc(-c5ccncc5)cc4[nH]3)no2)nc1. The van der Waals surface area contributed by atoms with E-state index in [4.69, 9.17) is 4.52 Å². The minimum absolute atomic E-state index is 0.625. The Bertz CT molecular complexity index is 1240. The van der Waals surface area contributed by atoms with Crippen molar-refractivity contribution in [3.8, 4) is 22.5 Å². The summed E-state index contributed by atoms with van der Waals surface area (Å²) >= 11 is 0. The summed E-state index contributed by atoms with van der Waals surface area (Å²) in [4.78, 5) is 12.0. The Morgan fingerprint density at radius 3 is 2.64 bits per heavy atom. The summed E-state index contributed by atoms with van der Waals surface area (Å²) in [5.74, 6) is 0.794. The Labute approximate surface area is 162 Å². The number of H-pyrrole nitrogens is 1. The predicted molar refractivity (Wildman–Crippen MR) is 109 cm³/mol. The van der Waals surface area contributed by atoms with Gasteiger partial charge in [0.1, 0.15) is 11.5 Å². The molecule has 0 radical (unpaired) electrons. The second-order valence-corrected chi connectivity index (χ2v) is 6.90. The van der Waals surface area contributed by atoms with E-state index < -0.39 is 0 Å². The van der Waals surface area contributed by atoms with Crippen molar-refractivity contribution in [2.45, 2.75) is 13.3 Å². The minimum atomic E-state index is 0.625. The van der Waals surface area contributed by atoms with Crippen LogP contribution in [0.2, 0.25) is 0 Å². The second-order valence-electron chi connectivity index (χ2n) is 6.90. The molecule has 5 nitrogen and oxygen atoms in total. The van der Waals surface area contributed by atoms with Gasteiger partial charge in [0.05, 0.1) is 12.1 Å². The molecule has 136 valence electrons. The van der Waals surface area contributed by atoms with Crippen molar-refractivity contribution in [3.05, 3.63) is 90.2 Å². The average Bonchev–Trinajstić information content (AvgIpc) is 3.36. The van der Waals surface area contributed by atoms with E-state index in [-0.39, 0.29) is 0 Å². The van der Waals surface area contributed by atoms with Gasteiger partial charge in [-0.1, -0.05) is 23.4 Å². The Morgan fingerprint density at radius 2 is 1.82 bits per heavy atom. The maximum atomic E-state index is 5.53. The van der Waals surface area contributed by atoms with Crippen molar-refractivity contribution in [2.75, 3.05) is 0 Å². The van der Waals surface area contributed by atoms with Crippen molar-refractivity contribution in [2.24, 2.45) is 0 Å². The lowest BCUT2D eigenvalue weighted by molar-refractivity contribution is 0.390. The average molecular weight is 366 g/mol. The molecule has 0 aliphatic rings. The van der Waals surface area contributed by atoms with Crippen LogP contribution in [0.25, 0.3) is 33.4 Å². The largest absolute Gasteiger partial charge is 0.360 e. The first-order chi connectivity index (χ1) is 13.7. The lowest BCUT2D eigenvalue weighted by atomic mass is 10.1. The van der Waals surface area contributed by atoms with Gasteiger partial charge in [0.2, 0.25) is 0 Å². The summed E-state index contributed by atoms with van der Waals surface area (Å²) in [5, 5.41) is 5.37. The fraction of sp³-hybridized carbons (Fsp3) is 0.0870. The summed E-state index contributed by atoms with van der Waals surface area (Å²) in [6.07, 6.45) is 6.10. The standard InChI is InChI=1S/C23H18N4O/c1-15-2-5-19(25-14-15)12-20-13-23(27-28-20)22-11-18-4-3-17(10-21(18)26-22)16-6-8-24-9-7-16/h2-11,13-14,26H,12H2,1H3. The number of rotatable bonds is 4. The van der Waals surface area contributed by atoms with Gasteiger partial charge >= 0.3 is 0 Å². The van der Waals surface area contributed by atoms with E-state index >= 15 is 0 Å². The van der Waals surface area contributed by atoms with Crippen LogP contribution in [0.4, 0.5) is 0 Å². The van der Waals surface area contributed by atoms with Crippen molar-refractivity contribution in [1.29, 1.82) is 0 Å². The van der Waals surface area contributed by atoms with E-state index in [2.05, 4.69) is 50.4 Å². The molecule has 0 spiro atoms. The summed E-state index contributed by atoms with van der Waals surface area (Å²) in [6.45, 7) is 2.03. The van der Waals surface area contributed by atoms with E-state index in [0.29, 0.717) is 6.42 Å². The third-order valence-corrected chi connectivity index (χ3v) is 4.80. The van der Waals surface area contributed by atoms with Crippen LogP contribution in [0, 0.1) is 6.92 Å². The van der Waals surface area contributed by atoms with Gasteiger partial charge in [-0.3, -0.25) is 9.97 Å². The van der Waals surface area contributed by atoms with E-state index in [1.54, 1.807) is 12.4 Å². The molecule has 1 N–H and O–H groups in total. The summed E-state index contributed by atoms with van der Waals surface area (Å²) in [6, 6.07) is 18.5. The van der Waals surface area contributed by atoms with Crippen LogP contribution >= 0.6 is 0 Å². The molecule has 0 fully saturated rings. The van der Waals surface area contributed by atoms with Gasteiger partial charge in [-0.2, -0.15) is 0 Å². The van der Waals surface area contributed by atoms with Crippen molar-refractivity contribution in [3.63, 3.8) is 0 Å². The van der Waals surface area contributed by atoms with Crippen LogP contribution in [0.3, 0.4) is 0 Å². The number of benzene rings is 1. The highest BCUT2D eigenvalue weighted by atomic mass is 16.5. The van der Waals surface area contributed by atoms with Crippen LogP contribution in [0.5, 0.6) is 0 Å². The highest BCUT2D eigenvalue weighted by molar-refractivity contribution is 5.89. The number of hydrogen-bond acceptors (Lipinski definition) is 4. The molecule has 4 aromatic heterocycles. The van der Waals surface area contributed by atoms with Crippen LogP contribution < -0.4 is 0 Å². The fourth-order valence-corrected chi connectivity index (χ4v) is 3.29. The quantitative estimate of drug-likeness (QED) is 0.476. The molecular formula is C23H18N4O. The monoisotopic (exact) mass is 366 g/mol. The molecule has 4 heterocycles. The molecule has 5 heteroatoms. The van der Waals surface area contributed by atoms with Crippen LogP contribution in [0.1, 0.15) is 17.0 Å². The molecule has 0 aliphatic heterocycles. The topological polar surface area (TPSA) is 67.6 Å². The Hall–Kier alpha value is -3.73. The molecule has 0 saturated carbocycles. The van der Waals surface area contributed by atoms with E-state index in [1.807, 2.05) is 37.4 Å². The molecule has 0 aliphatic carbocycles. The third kappa shape index (κ3) is 3.18. The minimum Gasteiger partial charge on any atom is -0.360 e. The Kier molecular flexibility index (Phi) is 3.98. The first kappa shape index (κ1) is 16.4. The van der Waals surface area contributed by atoms with Crippen LogP contribution in [0.15, 0.2) is 77.7 Å². The highest BCUT2D eigenvalue weighted by Crippen LogP contribution is 2.28. The van der Waals surface area contributed by atoms with Gasteiger partial charge in [0, 0.05) is 41.3 Å². The summed E-state index contributed by atoms with van der Waals surface area (Å²) in [7, 11) is 0. The van der Waals surface area contributed by atoms with Gasteiger partial charge < -0.3 is 9.51 Å². The van der Waals surface area contributed by atoms with Gasteiger partial charge in [0.25, 0.3) is 0 Å². The number of aryl methyl sites for hydroxylation is 1. The number of hydrogen-bond donors (Lipinski definition) is 1. The zero-order chi connectivity index (χ0) is 18.9. The molecular weight excluding hydrogens is 348 g/mol. The molecule has 5 aromatic rings. The van der Waals surface area contributed by atoms with Crippen molar-refractivity contribution in [1.82, 2.24) is 20.1 Å². The zero-order valence-electron chi connectivity index (χ0n) is 15.4. The number of nitrogens with one attached hydrogen (secondary N) is 1. The van der Waals surface area contributed by atoms with E-state index in [1.165, 1.54) is 0 Å². The summed E-state index contributed by atoms with van der Waals surface area (Å²) in [5.41, 5.74) is 7.20. The lowest BCUT2D eigenvalue weighted by Crippen LogP contribution is -1.90. The molecule has 0 atom stereocenters. The zero-order valence-corrected chi connectivity index (χ0v) is 15.4. The predicted octanol–water partition coefficient (Wildman–Crippen LogP) is 5.18. The number of aromatic amines is 1. The molecule has 0 unspecified atom stereocenters. The molecule has 5 rings (SSSR count). The first-order valence-electron chi connectivity index (χ1n) is 9.15. The lowest BCUT2D eigenvalue weighted by Gasteiger charge is -2.00. The highest BCUT2D eigenvalue weighted by Gasteiger charge is 2.11. The number of pyridine rings is 2. The van der Waals surface area contributed by atoms with Gasteiger partial charge in [-0.25, -0.2) is 0 Å². The van der Waals surface area contributed by atoms with Crippen molar-refractivity contribution < 1.29 is 4.52 Å². The Balaban J connectivity index is 1.43. The number of aromatic nitrogens is 4. The fourth-order valence-electron chi connectivity index (χ4n) is 3.29. The molecule has 28 heavy (non-hydrogen) atoms. The normalized spacial score (nSPS) is 11.2. The molecule has 0 bridgehead atoms.